The summed E-state index contributed by atoms with van der Waals surface area (Å²) < 4.78 is 15.3. The molecule has 0 heterocycles. The predicted molar refractivity (Wildman–Crippen MR) is 98.7 cm³/mol. The zero-order valence-corrected chi connectivity index (χ0v) is 15.2. The van der Waals surface area contributed by atoms with Gasteiger partial charge in [-0.15, -0.1) is 0 Å². The fourth-order valence-electron chi connectivity index (χ4n) is 2.53. The smallest absolute Gasteiger partial charge is 0.303 e. The molecule has 0 unspecified atom stereocenters. The van der Waals surface area contributed by atoms with E-state index < -0.39 is 5.97 Å². The van der Waals surface area contributed by atoms with Crippen molar-refractivity contribution in [3.63, 3.8) is 0 Å². The molecule has 2 rings (SSSR count). The van der Waals surface area contributed by atoms with Crippen molar-refractivity contribution in [2.45, 2.75) is 19.8 Å². The molecule has 0 radical (unpaired) electrons. The van der Waals surface area contributed by atoms with Crippen molar-refractivity contribution in [1.29, 1.82) is 0 Å². The van der Waals surface area contributed by atoms with Gasteiger partial charge in [-0.25, -0.2) is 0 Å². The number of hydrogen-bond acceptors (Lipinski definition) is 5. The summed E-state index contributed by atoms with van der Waals surface area (Å²) in [6.45, 7) is 0.976. The summed E-state index contributed by atoms with van der Waals surface area (Å²) in [5.74, 6) is 0.531. The van der Waals surface area contributed by atoms with Crippen LogP contribution in [0, 0.1) is 0 Å². The number of nitrogens with one attached hydrogen (secondary N) is 1. The molecule has 0 aromatic heterocycles. The minimum atomic E-state index is -0.484. The fraction of sp³-hybridized carbons (Fsp3) is 0.300. The van der Waals surface area contributed by atoms with E-state index in [1.54, 1.807) is 14.2 Å². The average molecular weight is 357 g/mol. The molecule has 0 aliphatic heterocycles. The lowest BCUT2D eigenvalue weighted by molar-refractivity contribution is -0.144. The van der Waals surface area contributed by atoms with Crippen LogP contribution < -0.4 is 14.8 Å². The fourth-order valence-corrected chi connectivity index (χ4v) is 2.53. The molecule has 26 heavy (non-hydrogen) atoms. The normalized spacial score (nSPS) is 10.1. The van der Waals surface area contributed by atoms with Gasteiger partial charge in [-0.3, -0.25) is 9.59 Å². The van der Waals surface area contributed by atoms with Crippen molar-refractivity contribution in [3.8, 4) is 11.5 Å². The van der Waals surface area contributed by atoms with Gasteiger partial charge < -0.3 is 19.5 Å². The number of methoxy groups -OCH3 is 2. The molecule has 138 valence electrons. The van der Waals surface area contributed by atoms with Crippen LogP contribution in [0.15, 0.2) is 42.5 Å². The van der Waals surface area contributed by atoms with Crippen molar-refractivity contribution >= 4 is 17.6 Å². The van der Waals surface area contributed by atoms with Crippen LogP contribution in [0.4, 0.5) is 5.69 Å². The Labute approximate surface area is 153 Å². The van der Waals surface area contributed by atoms with Gasteiger partial charge in [-0.2, -0.15) is 0 Å². The first-order valence-electron chi connectivity index (χ1n) is 8.25. The van der Waals surface area contributed by atoms with Crippen molar-refractivity contribution < 1.29 is 23.8 Å². The number of para-hydroxylation sites is 1. The van der Waals surface area contributed by atoms with Crippen molar-refractivity contribution in [1.82, 2.24) is 0 Å². The summed E-state index contributed by atoms with van der Waals surface area (Å²) in [5.41, 5.74) is 2.81. The largest absolute Gasteiger partial charge is 0.493 e. The molecule has 0 bridgehead atoms. The number of rotatable bonds is 8. The minimum absolute atomic E-state index is 0.292. The third-order valence-corrected chi connectivity index (χ3v) is 3.83. The van der Waals surface area contributed by atoms with Crippen LogP contribution in [-0.2, 0) is 27.2 Å². The molecule has 1 amide bonds. The van der Waals surface area contributed by atoms with E-state index in [9.17, 15) is 9.59 Å². The molecular formula is C20H23NO5. The third kappa shape index (κ3) is 5.51. The number of anilines is 1. The van der Waals surface area contributed by atoms with Gasteiger partial charge in [0.2, 0.25) is 0 Å². The Morgan fingerprint density at radius 3 is 2.38 bits per heavy atom. The van der Waals surface area contributed by atoms with Crippen LogP contribution in [0.3, 0.4) is 0 Å². The number of carbonyl (C=O) groups excluding carboxylic acids is 2. The molecule has 0 saturated heterocycles. The highest BCUT2D eigenvalue weighted by molar-refractivity contribution is 5.93. The Balaban J connectivity index is 2.04. The van der Waals surface area contributed by atoms with Crippen molar-refractivity contribution in [2.24, 2.45) is 0 Å². The number of aryl methyl sites for hydroxylation is 2. The SMILES string of the molecule is COc1ccc(CCc2ccccc2NC(=O)COC(C)=O)cc1OC. The Bertz CT molecular complexity index is 773. The first kappa shape index (κ1) is 19.3. The first-order chi connectivity index (χ1) is 12.5. The van der Waals surface area contributed by atoms with Gasteiger partial charge in [-0.1, -0.05) is 24.3 Å². The molecule has 6 nitrogen and oxygen atoms in total. The molecule has 0 fully saturated rings. The van der Waals surface area contributed by atoms with Gasteiger partial charge in [0.25, 0.3) is 5.91 Å². The molecule has 6 heteroatoms. The van der Waals surface area contributed by atoms with E-state index in [4.69, 9.17) is 14.2 Å². The van der Waals surface area contributed by atoms with Crippen LogP contribution in [0.1, 0.15) is 18.1 Å². The summed E-state index contributed by atoms with van der Waals surface area (Å²) in [5, 5.41) is 2.78. The number of esters is 1. The highest BCUT2D eigenvalue weighted by atomic mass is 16.5. The van der Waals surface area contributed by atoms with Gasteiger partial charge in [0, 0.05) is 12.6 Å². The van der Waals surface area contributed by atoms with E-state index in [1.165, 1.54) is 6.92 Å². The van der Waals surface area contributed by atoms with Crippen LogP contribution in [-0.4, -0.2) is 32.7 Å². The molecule has 0 atom stereocenters. The molecule has 2 aromatic rings. The van der Waals surface area contributed by atoms with E-state index in [0.29, 0.717) is 17.2 Å². The van der Waals surface area contributed by atoms with E-state index in [1.807, 2.05) is 42.5 Å². The minimum Gasteiger partial charge on any atom is -0.493 e. The van der Waals surface area contributed by atoms with Crippen LogP contribution in [0.2, 0.25) is 0 Å². The first-order valence-corrected chi connectivity index (χ1v) is 8.25. The molecule has 0 aliphatic rings. The molecule has 0 spiro atoms. The van der Waals surface area contributed by atoms with Gasteiger partial charge >= 0.3 is 5.97 Å². The average Bonchev–Trinajstić information content (AvgIpc) is 2.65. The lowest BCUT2D eigenvalue weighted by atomic mass is 10.0. The number of carbonyl (C=O) groups is 2. The van der Waals surface area contributed by atoms with Gasteiger partial charge in [0.1, 0.15) is 0 Å². The van der Waals surface area contributed by atoms with Gasteiger partial charge in [0.05, 0.1) is 14.2 Å². The number of hydrogen-bond donors (Lipinski definition) is 1. The zero-order chi connectivity index (χ0) is 18.9. The second kappa shape index (κ2) is 9.46. The molecule has 2 aromatic carbocycles. The van der Waals surface area contributed by atoms with Crippen molar-refractivity contribution in [3.05, 3.63) is 53.6 Å². The molecule has 0 saturated carbocycles. The molecular weight excluding hydrogens is 334 g/mol. The monoisotopic (exact) mass is 357 g/mol. The standard InChI is InChI=1S/C20H23NO5/c1-14(22)26-13-20(23)21-17-7-5-4-6-16(17)10-8-15-9-11-18(24-2)19(12-15)25-3/h4-7,9,11-12H,8,10,13H2,1-3H3,(H,21,23). The summed E-state index contributed by atoms with van der Waals surface area (Å²) >= 11 is 0. The maximum Gasteiger partial charge on any atom is 0.303 e. The summed E-state index contributed by atoms with van der Waals surface area (Å²) in [6.07, 6.45) is 1.51. The summed E-state index contributed by atoms with van der Waals surface area (Å²) in [4.78, 5) is 22.7. The Hall–Kier alpha value is -3.02. The Morgan fingerprint density at radius 2 is 1.69 bits per heavy atom. The number of amides is 1. The lowest BCUT2D eigenvalue weighted by Crippen LogP contribution is -2.20. The van der Waals surface area contributed by atoms with Crippen LogP contribution in [0.25, 0.3) is 0 Å². The zero-order valence-electron chi connectivity index (χ0n) is 15.2. The topological polar surface area (TPSA) is 73.9 Å². The van der Waals surface area contributed by atoms with Gasteiger partial charge in [-0.05, 0) is 42.2 Å². The number of benzene rings is 2. The van der Waals surface area contributed by atoms with E-state index in [2.05, 4.69) is 5.32 Å². The molecule has 0 aliphatic carbocycles. The Kier molecular flexibility index (Phi) is 7.02. The second-order valence-electron chi connectivity index (χ2n) is 5.67. The van der Waals surface area contributed by atoms with Crippen LogP contribution in [0.5, 0.6) is 11.5 Å². The quantitative estimate of drug-likeness (QED) is 0.735. The number of ether oxygens (including phenoxy) is 3. The lowest BCUT2D eigenvalue weighted by Gasteiger charge is -2.12. The Morgan fingerprint density at radius 1 is 0.962 bits per heavy atom. The maximum atomic E-state index is 11.9. The van der Waals surface area contributed by atoms with Gasteiger partial charge in [0.15, 0.2) is 18.1 Å². The highest BCUT2D eigenvalue weighted by Gasteiger charge is 2.09. The van der Waals surface area contributed by atoms with E-state index >= 15 is 0 Å². The summed E-state index contributed by atoms with van der Waals surface area (Å²) in [6, 6.07) is 13.4. The summed E-state index contributed by atoms with van der Waals surface area (Å²) in [7, 11) is 3.21. The maximum absolute atomic E-state index is 11.9. The second-order valence-corrected chi connectivity index (χ2v) is 5.67. The van der Waals surface area contributed by atoms with Crippen molar-refractivity contribution in [2.75, 3.05) is 26.1 Å². The predicted octanol–water partition coefficient (Wildman–Crippen LogP) is 2.99. The highest BCUT2D eigenvalue weighted by Crippen LogP contribution is 2.28. The van der Waals surface area contributed by atoms with Crippen LogP contribution >= 0.6 is 0 Å². The molecule has 1 N–H and O–H groups in total. The third-order valence-electron chi connectivity index (χ3n) is 3.83. The van der Waals surface area contributed by atoms with E-state index in [-0.39, 0.29) is 12.5 Å². The van der Waals surface area contributed by atoms with E-state index in [0.717, 1.165) is 24.0 Å².